The zero-order chi connectivity index (χ0) is 18.1. The van der Waals surface area contributed by atoms with Gasteiger partial charge in [-0.05, 0) is 43.5 Å². The van der Waals surface area contributed by atoms with Crippen molar-refractivity contribution in [3.05, 3.63) is 29.8 Å². The Morgan fingerprint density at radius 2 is 1.64 bits per heavy atom. The van der Waals surface area contributed by atoms with Gasteiger partial charge in [-0.1, -0.05) is 19.3 Å². The molecule has 1 saturated heterocycles. The van der Waals surface area contributed by atoms with Crippen LogP contribution in [0.25, 0.3) is 0 Å². The third-order valence-corrected chi connectivity index (χ3v) is 9.20. The van der Waals surface area contributed by atoms with Crippen LogP contribution in [0.5, 0.6) is 0 Å². The van der Waals surface area contributed by atoms with Gasteiger partial charge in [-0.25, -0.2) is 16.8 Å². The molecule has 1 heterocycles. The number of nitrogens with one attached hydrogen (secondary N) is 1. The van der Waals surface area contributed by atoms with Crippen LogP contribution < -0.4 is 5.32 Å². The molecule has 1 aromatic rings. The Labute approximate surface area is 148 Å². The highest BCUT2D eigenvalue weighted by Gasteiger charge is 2.38. The standard InChI is InChI=1S/C17H23NO5S2/c19-17(18-14-4-2-1-3-5-14)13-6-8-15(9-7-13)25(22,23)16-10-11-24(20,21)12-16/h6-9,14,16H,1-5,10-12H2,(H,18,19). The van der Waals surface area contributed by atoms with E-state index in [1.54, 1.807) is 0 Å². The second-order valence-electron chi connectivity index (χ2n) is 6.90. The number of sulfone groups is 2. The Morgan fingerprint density at radius 3 is 2.20 bits per heavy atom. The van der Waals surface area contributed by atoms with Crippen molar-refractivity contribution < 1.29 is 21.6 Å². The first-order chi connectivity index (χ1) is 11.8. The van der Waals surface area contributed by atoms with Crippen LogP contribution in [0.1, 0.15) is 48.9 Å². The van der Waals surface area contributed by atoms with Crippen LogP contribution in [-0.4, -0.2) is 45.5 Å². The molecule has 25 heavy (non-hydrogen) atoms. The maximum atomic E-state index is 12.6. The van der Waals surface area contributed by atoms with Crippen LogP contribution in [0.4, 0.5) is 0 Å². The first-order valence-electron chi connectivity index (χ1n) is 8.63. The van der Waals surface area contributed by atoms with E-state index in [-0.39, 0.29) is 34.8 Å². The molecule has 1 atom stereocenters. The first kappa shape index (κ1) is 18.4. The molecule has 1 unspecified atom stereocenters. The predicted molar refractivity (Wildman–Crippen MR) is 95.0 cm³/mol. The molecule has 2 aliphatic rings. The molecule has 6 nitrogen and oxygen atoms in total. The lowest BCUT2D eigenvalue weighted by Gasteiger charge is -2.22. The van der Waals surface area contributed by atoms with Gasteiger partial charge >= 0.3 is 0 Å². The van der Waals surface area contributed by atoms with Crippen molar-refractivity contribution in [2.45, 2.75) is 54.7 Å². The number of rotatable bonds is 4. The van der Waals surface area contributed by atoms with Crippen LogP contribution in [0.15, 0.2) is 29.2 Å². The minimum Gasteiger partial charge on any atom is -0.349 e. The van der Waals surface area contributed by atoms with Crippen molar-refractivity contribution in [2.75, 3.05) is 11.5 Å². The van der Waals surface area contributed by atoms with Gasteiger partial charge in [0, 0.05) is 11.6 Å². The summed E-state index contributed by atoms with van der Waals surface area (Å²) in [5.74, 6) is -0.600. The molecular formula is C17H23NO5S2. The van der Waals surface area contributed by atoms with Crippen LogP contribution in [0, 0.1) is 0 Å². The quantitative estimate of drug-likeness (QED) is 0.851. The Balaban J connectivity index is 1.70. The van der Waals surface area contributed by atoms with Crippen molar-refractivity contribution in [1.29, 1.82) is 0 Å². The molecule has 0 spiro atoms. The van der Waals surface area contributed by atoms with Gasteiger partial charge in [0.2, 0.25) is 0 Å². The molecule has 1 N–H and O–H groups in total. The maximum absolute atomic E-state index is 12.6. The topological polar surface area (TPSA) is 97.4 Å². The van der Waals surface area contributed by atoms with E-state index >= 15 is 0 Å². The lowest BCUT2D eigenvalue weighted by atomic mass is 9.95. The molecule has 1 aliphatic carbocycles. The summed E-state index contributed by atoms with van der Waals surface area (Å²) in [6.07, 6.45) is 5.53. The van der Waals surface area contributed by atoms with E-state index in [0.29, 0.717) is 5.56 Å². The van der Waals surface area contributed by atoms with Crippen molar-refractivity contribution in [3.63, 3.8) is 0 Å². The van der Waals surface area contributed by atoms with E-state index in [1.165, 1.54) is 30.7 Å². The molecular weight excluding hydrogens is 362 g/mol. The van der Waals surface area contributed by atoms with Gasteiger partial charge in [0.05, 0.1) is 21.7 Å². The van der Waals surface area contributed by atoms with Gasteiger partial charge in [0.25, 0.3) is 5.91 Å². The number of benzene rings is 1. The summed E-state index contributed by atoms with van der Waals surface area (Å²) in [6.45, 7) is 0. The summed E-state index contributed by atoms with van der Waals surface area (Å²) in [5, 5.41) is 2.10. The lowest BCUT2D eigenvalue weighted by molar-refractivity contribution is 0.0927. The smallest absolute Gasteiger partial charge is 0.251 e. The Hall–Kier alpha value is -1.41. The molecule has 1 saturated carbocycles. The SMILES string of the molecule is O=C(NC1CCCCC1)c1ccc(S(=O)(=O)C2CCS(=O)(=O)C2)cc1. The van der Waals surface area contributed by atoms with Crippen LogP contribution in [-0.2, 0) is 19.7 Å². The van der Waals surface area contributed by atoms with E-state index in [1.807, 2.05) is 0 Å². The molecule has 1 aromatic carbocycles. The summed E-state index contributed by atoms with van der Waals surface area (Å²) in [4.78, 5) is 12.3. The zero-order valence-corrected chi connectivity index (χ0v) is 15.6. The molecule has 3 rings (SSSR count). The third kappa shape index (κ3) is 4.23. The van der Waals surface area contributed by atoms with E-state index in [0.717, 1.165) is 25.7 Å². The van der Waals surface area contributed by atoms with Crippen LogP contribution in [0.2, 0.25) is 0 Å². The fourth-order valence-corrected chi connectivity index (χ4v) is 7.87. The summed E-state index contributed by atoms with van der Waals surface area (Å²) in [7, 11) is -6.96. The highest BCUT2D eigenvalue weighted by molar-refractivity contribution is 7.96. The predicted octanol–water partition coefficient (Wildman–Crippen LogP) is 1.71. The van der Waals surface area contributed by atoms with Gasteiger partial charge in [0.1, 0.15) is 0 Å². The average Bonchev–Trinajstić information content (AvgIpc) is 2.96. The first-order valence-corrected chi connectivity index (χ1v) is 12.0. The minimum absolute atomic E-state index is 0.0730. The van der Waals surface area contributed by atoms with Gasteiger partial charge in [-0.2, -0.15) is 0 Å². The fourth-order valence-electron chi connectivity index (χ4n) is 3.51. The molecule has 0 aromatic heterocycles. The maximum Gasteiger partial charge on any atom is 0.251 e. The Bertz CT molecular complexity index is 838. The fraction of sp³-hybridized carbons (Fsp3) is 0.588. The van der Waals surface area contributed by atoms with E-state index in [4.69, 9.17) is 0 Å². The lowest BCUT2D eigenvalue weighted by Crippen LogP contribution is -2.36. The number of hydrogen-bond donors (Lipinski definition) is 1. The largest absolute Gasteiger partial charge is 0.349 e. The number of carbonyl (C=O) groups excluding carboxylic acids is 1. The summed E-state index contributed by atoms with van der Waals surface area (Å²) >= 11 is 0. The van der Waals surface area contributed by atoms with Gasteiger partial charge < -0.3 is 5.32 Å². The minimum atomic E-state index is -3.69. The number of carbonyl (C=O) groups is 1. The summed E-state index contributed by atoms with van der Waals surface area (Å²) in [5.41, 5.74) is 0.420. The average molecular weight is 386 g/mol. The Morgan fingerprint density at radius 1 is 1.00 bits per heavy atom. The normalized spacial score (nSPS) is 24.1. The van der Waals surface area contributed by atoms with Crippen LogP contribution in [0.3, 0.4) is 0 Å². The summed E-state index contributed by atoms with van der Waals surface area (Å²) < 4.78 is 48.2. The molecule has 2 fully saturated rings. The van der Waals surface area contributed by atoms with Crippen molar-refractivity contribution in [2.24, 2.45) is 0 Å². The summed E-state index contributed by atoms with van der Waals surface area (Å²) in [6, 6.07) is 5.98. The van der Waals surface area contributed by atoms with E-state index < -0.39 is 24.9 Å². The molecule has 1 amide bonds. The van der Waals surface area contributed by atoms with Crippen molar-refractivity contribution in [1.82, 2.24) is 5.32 Å². The third-order valence-electron chi connectivity index (χ3n) is 5.01. The highest BCUT2D eigenvalue weighted by atomic mass is 32.2. The zero-order valence-electron chi connectivity index (χ0n) is 14.0. The monoisotopic (exact) mass is 385 g/mol. The van der Waals surface area contributed by atoms with Gasteiger partial charge in [-0.3, -0.25) is 4.79 Å². The molecule has 0 radical (unpaired) electrons. The van der Waals surface area contributed by atoms with Gasteiger partial charge in [0.15, 0.2) is 19.7 Å². The van der Waals surface area contributed by atoms with Gasteiger partial charge in [-0.15, -0.1) is 0 Å². The second kappa shape index (κ2) is 7.07. The second-order valence-corrected chi connectivity index (χ2v) is 11.4. The molecule has 138 valence electrons. The van der Waals surface area contributed by atoms with E-state index in [9.17, 15) is 21.6 Å². The number of amides is 1. The molecule has 0 bridgehead atoms. The molecule has 8 heteroatoms. The van der Waals surface area contributed by atoms with Crippen molar-refractivity contribution in [3.8, 4) is 0 Å². The Kier molecular flexibility index (Phi) is 5.20. The highest BCUT2D eigenvalue weighted by Crippen LogP contribution is 2.25. The molecule has 1 aliphatic heterocycles. The van der Waals surface area contributed by atoms with Crippen LogP contribution >= 0.6 is 0 Å². The van der Waals surface area contributed by atoms with Crippen molar-refractivity contribution >= 4 is 25.6 Å². The number of hydrogen-bond acceptors (Lipinski definition) is 5. The van der Waals surface area contributed by atoms with E-state index in [2.05, 4.69) is 5.32 Å².